The molecule has 2 atom stereocenters. The molecule has 1 aromatic carbocycles. The Bertz CT molecular complexity index is 681. The summed E-state index contributed by atoms with van der Waals surface area (Å²) in [5.41, 5.74) is 1.58. The van der Waals surface area contributed by atoms with Crippen molar-refractivity contribution in [2.24, 2.45) is 11.3 Å². The molecule has 3 rings (SSSR count). The predicted molar refractivity (Wildman–Crippen MR) is 94.4 cm³/mol. The van der Waals surface area contributed by atoms with Crippen LogP contribution in [0.4, 0.5) is 4.39 Å². The molecular weight excluding hydrogens is 319 g/mol. The maximum atomic E-state index is 13.3. The highest BCUT2D eigenvalue weighted by atomic mass is 19.1. The summed E-state index contributed by atoms with van der Waals surface area (Å²) in [5, 5.41) is 3.12. The fourth-order valence-corrected chi connectivity index (χ4v) is 3.88. The van der Waals surface area contributed by atoms with E-state index in [1.165, 1.54) is 6.07 Å². The monoisotopic (exact) mass is 346 g/mol. The van der Waals surface area contributed by atoms with E-state index in [0.717, 1.165) is 43.4 Å². The molecular formula is C20H27FN2O2. The van der Waals surface area contributed by atoms with Crippen molar-refractivity contribution in [2.75, 3.05) is 13.1 Å². The van der Waals surface area contributed by atoms with E-state index in [4.69, 9.17) is 0 Å². The Morgan fingerprint density at radius 1 is 1.24 bits per heavy atom. The van der Waals surface area contributed by atoms with Gasteiger partial charge in [0.2, 0.25) is 11.8 Å². The Balaban J connectivity index is 1.64. The summed E-state index contributed by atoms with van der Waals surface area (Å²) in [7, 11) is 0. The quantitative estimate of drug-likeness (QED) is 0.894. The van der Waals surface area contributed by atoms with Crippen LogP contribution in [0.3, 0.4) is 0 Å². The number of likely N-dealkylation sites (tertiary alicyclic amines) is 1. The minimum Gasteiger partial charge on any atom is -0.349 e. The van der Waals surface area contributed by atoms with Crippen molar-refractivity contribution in [1.82, 2.24) is 10.2 Å². The summed E-state index contributed by atoms with van der Waals surface area (Å²) in [6, 6.07) is 4.75. The van der Waals surface area contributed by atoms with E-state index in [2.05, 4.69) is 5.32 Å². The van der Waals surface area contributed by atoms with Crippen LogP contribution in [-0.2, 0) is 16.0 Å². The van der Waals surface area contributed by atoms with Gasteiger partial charge in [-0.25, -0.2) is 4.39 Å². The molecule has 1 N–H and O–H groups in total. The largest absolute Gasteiger partial charge is 0.349 e. The van der Waals surface area contributed by atoms with Crippen LogP contribution in [0.5, 0.6) is 0 Å². The lowest BCUT2D eigenvalue weighted by Crippen LogP contribution is -2.49. The molecule has 1 fully saturated rings. The average Bonchev–Trinajstić information content (AvgIpc) is 2.95. The molecule has 0 bridgehead atoms. The van der Waals surface area contributed by atoms with Crippen molar-refractivity contribution in [1.29, 1.82) is 0 Å². The third kappa shape index (κ3) is 3.86. The Kier molecular flexibility index (Phi) is 4.85. The second-order valence-corrected chi connectivity index (χ2v) is 8.28. The molecule has 1 aromatic rings. The van der Waals surface area contributed by atoms with Crippen LogP contribution in [0.1, 0.15) is 57.2 Å². The average molecular weight is 346 g/mol. The van der Waals surface area contributed by atoms with Crippen LogP contribution in [0.2, 0.25) is 0 Å². The maximum Gasteiger partial charge on any atom is 0.227 e. The first-order valence-electron chi connectivity index (χ1n) is 9.14. The first kappa shape index (κ1) is 17.9. The van der Waals surface area contributed by atoms with Crippen molar-refractivity contribution in [2.45, 2.75) is 52.5 Å². The van der Waals surface area contributed by atoms with Gasteiger partial charge >= 0.3 is 0 Å². The third-order valence-corrected chi connectivity index (χ3v) is 5.22. The van der Waals surface area contributed by atoms with E-state index in [0.29, 0.717) is 6.54 Å². The van der Waals surface area contributed by atoms with E-state index in [1.54, 1.807) is 12.1 Å². The molecule has 1 saturated heterocycles. The van der Waals surface area contributed by atoms with Gasteiger partial charge in [0.25, 0.3) is 0 Å². The molecule has 0 spiro atoms. The van der Waals surface area contributed by atoms with Gasteiger partial charge in [0.15, 0.2) is 0 Å². The Morgan fingerprint density at radius 2 is 2.00 bits per heavy atom. The Labute approximate surface area is 148 Å². The number of amides is 2. The van der Waals surface area contributed by atoms with Crippen LogP contribution in [-0.4, -0.2) is 29.8 Å². The second kappa shape index (κ2) is 6.77. The van der Waals surface area contributed by atoms with Gasteiger partial charge in [-0.3, -0.25) is 9.59 Å². The number of carbonyl (C=O) groups is 2. The van der Waals surface area contributed by atoms with Crippen LogP contribution in [0.15, 0.2) is 18.2 Å². The molecule has 1 aliphatic carbocycles. The normalized spacial score (nSPS) is 23.3. The molecule has 2 amide bonds. The fourth-order valence-electron chi connectivity index (χ4n) is 3.88. The summed E-state index contributed by atoms with van der Waals surface area (Å²) < 4.78 is 13.3. The maximum absolute atomic E-state index is 13.3. The van der Waals surface area contributed by atoms with Gasteiger partial charge < -0.3 is 10.2 Å². The molecule has 2 aliphatic rings. The number of benzene rings is 1. The smallest absolute Gasteiger partial charge is 0.227 e. The number of piperidine rings is 1. The standard InChI is InChI=1S/C20H27FN2O2/c1-20(2,3)19(25)23-10-4-5-14(12-23)18(24)22-17-9-6-13-11-15(21)7-8-16(13)17/h7-8,11,14,17H,4-6,9-10,12H2,1-3H3,(H,22,24)/t14-,17-/m0/s1. The van der Waals surface area contributed by atoms with Crippen molar-refractivity contribution < 1.29 is 14.0 Å². The molecule has 136 valence electrons. The highest BCUT2D eigenvalue weighted by Crippen LogP contribution is 2.32. The SMILES string of the molecule is CC(C)(C)C(=O)N1CCC[C@H](C(=O)N[C@H]2CCc3cc(F)ccc32)C1. The number of halogens is 1. The first-order chi connectivity index (χ1) is 11.8. The minimum atomic E-state index is -0.424. The number of nitrogens with zero attached hydrogens (tertiary/aromatic N) is 1. The zero-order valence-electron chi connectivity index (χ0n) is 15.3. The lowest BCUT2D eigenvalue weighted by molar-refractivity contribution is -0.142. The number of nitrogens with one attached hydrogen (secondary N) is 1. The Morgan fingerprint density at radius 3 is 2.72 bits per heavy atom. The van der Waals surface area contributed by atoms with E-state index in [-0.39, 0.29) is 29.6 Å². The zero-order valence-corrected chi connectivity index (χ0v) is 15.3. The second-order valence-electron chi connectivity index (χ2n) is 8.28. The number of aryl methyl sites for hydroxylation is 1. The van der Waals surface area contributed by atoms with E-state index in [9.17, 15) is 14.0 Å². The van der Waals surface area contributed by atoms with Gasteiger partial charge in [-0.05, 0) is 48.9 Å². The van der Waals surface area contributed by atoms with Crippen LogP contribution >= 0.6 is 0 Å². The predicted octanol–water partition coefficient (Wildman–Crippen LogP) is 3.21. The summed E-state index contributed by atoms with van der Waals surface area (Å²) in [6.07, 6.45) is 3.26. The molecule has 25 heavy (non-hydrogen) atoms. The van der Waals surface area contributed by atoms with Crippen LogP contribution < -0.4 is 5.32 Å². The van der Waals surface area contributed by atoms with Gasteiger partial charge in [-0.2, -0.15) is 0 Å². The fraction of sp³-hybridized carbons (Fsp3) is 0.600. The van der Waals surface area contributed by atoms with Gasteiger partial charge in [-0.15, -0.1) is 0 Å². The summed E-state index contributed by atoms with van der Waals surface area (Å²) in [6.45, 7) is 6.95. The van der Waals surface area contributed by atoms with E-state index >= 15 is 0 Å². The number of rotatable bonds is 2. The number of hydrogen-bond donors (Lipinski definition) is 1. The van der Waals surface area contributed by atoms with Gasteiger partial charge in [0, 0.05) is 18.5 Å². The molecule has 1 aliphatic heterocycles. The first-order valence-corrected chi connectivity index (χ1v) is 9.14. The van der Waals surface area contributed by atoms with Crippen LogP contribution in [0, 0.1) is 17.2 Å². The highest BCUT2D eigenvalue weighted by Gasteiger charge is 2.34. The summed E-state index contributed by atoms with van der Waals surface area (Å²) in [4.78, 5) is 27.0. The lowest BCUT2D eigenvalue weighted by atomic mass is 9.90. The summed E-state index contributed by atoms with van der Waals surface area (Å²) >= 11 is 0. The molecule has 5 heteroatoms. The molecule has 0 unspecified atom stereocenters. The molecule has 0 saturated carbocycles. The van der Waals surface area contributed by atoms with Gasteiger partial charge in [0.1, 0.15) is 5.82 Å². The topological polar surface area (TPSA) is 49.4 Å². The number of fused-ring (bicyclic) bond motifs is 1. The Hall–Kier alpha value is -1.91. The van der Waals surface area contributed by atoms with E-state index < -0.39 is 5.41 Å². The van der Waals surface area contributed by atoms with E-state index in [1.807, 2.05) is 25.7 Å². The summed E-state index contributed by atoms with van der Waals surface area (Å²) in [5.74, 6) is -0.279. The third-order valence-electron chi connectivity index (χ3n) is 5.22. The van der Waals surface area contributed by atoms with Crippen molar-refractivity contribution in [3.8, 4) is 0 Å². The van der Waals surface area contributed by atoms with Crippen molar-refractivity contribution >= 4 is 11.8 Å². The molecule has 1 heterocycles. The molecule has 0 radical (unpaired) electrons. The minimum absolute atomic E-state index is 0.00795. The van der Waals surface area contributed by atoms with Crippen LogP contribution in [0.25, 0.3) is 0 Å². The number of hydrogen-bond acceptors (Lipinski definition) is 2. The zero-order chi connectivity index (χ0) is 18.2. The lowest BCUT2D eigenvalue weighted by Gasteiger charge is -2.36. The highest BCUT2D eigenvalue weighted by molar-refractivity contribution is 5.84. The van der Waals surface area contributed by atoms with Crippen molar-refractivity contribution in [3.63, 3.8) is 0 Å². The van der Waals surface area contributed by atoms with Gasteiger partial charge in [0.05, 0.1) is 12.0 Å². The molecule has 4 nitrogen and oxygen atoms in total. The molecule has 0 aromatic heterocycles. The van der Waals surface area contributed by atoms with Crippen molar-refractivity contribution in [3.05, 3.63) is 35.1 Å². The van der Waals surface area contributed by atoms with Gasteiger partial charge in [-0.1, -0.05) is 26.8 Å². The number of carbonyl (C=O) groups excluding carboxylic acids is 2.